The smallest absolute Gasteiger partial charge is 0.272 e. The Morgan fingerprint density at radius 2 is 1.59 bits per heavy atom. The lowest BCUT2D eigenvalue weighted by Crippen LogP contribution is -2.27. The van der Waals surface area contributed by atoms with Crippen LogP contribution in [0.15, 0.2) is 66.7 Å². The summed E-state index contributed by atoms with van der Waals surface area (Å²) in [4.78, 5) is 38.4. The van der Waals surface area contributed by atoms with Crippen LogP contribution in [-0.2, 0) is 22.6 Å². The zero-order chi connectivity index (χ0) is 29.5. The van der Waals surface area contributed by atoms with Crippen LogP contribution in [0.3, 0.4) is 0 Å². The van der Waals surface area contributed by atoms with Gasteiger partial charge in [0.1, 0.15) is 5.69 Å². The van der Waals surface area contributed by atoms with Gasteiger partial charge in [-0.05, 0) is 72.6 Å². The molecule has 4 rings (SSSR count). The van der Waals surface area contributed by atoms with Crippen molar-refractivity contribution in [1.29, 1.82) is 0 Å². The van der Waals surface area contributed by atoms with Crippen LogP contribution < -0.4 is 16.0 Å². The molecule has 0 aliphatic carbocycles. The van der Waals surface area contributed by atoms with Crippen LogP contribution in [-0.4, -0.2) is 36.0 Å². The average Bonchev–Trinajstić information content (AvgIpc) is 3.31. The van der Waals surface area contributed by atoms with Gasteiger partial charge in [-0.1, -0.05) is 43.1 Å². The Hall–Kier alpha value is -3.85. The lowest BCUT2D eigenvalue weighted by atomic mass is 10.1. The van der Waals surface area contributed by atoms with E-state index in [4.69, 9.17) is 27.9 Å². The molecule has 3 amide bonds. The maximum absolute atomic E-state index is 13.3. The molecule has 41 heavy (non-hydrogen) atoms. The van der Waals surface area contributed by atoms with Crippen molar-refractivity contribution in [2.24, 2.45) is 5.92 Å². The third-order valence-electron chi connectivity index (χ3n) is 6.49. The molecule has 3 N–H and O–H groups in total. The molecule has 0 saturated carbocycles. The number of nitrogens with one attached hydrogen (secondary N) is 3. The minimum Gasteiger partial charge on any atom is -0.385 e. The number of benzene rings is 3. The van der Waals surface area contributed by atoms with Crippen LogP contribution in [0.2, 0.25) is 10.0 Å². The van der Waals surface area contributed by atoms with Gasteiger partial charge in [0.25, 0.3) is 11.8 Å². The lowest BCUT2D eigenvalue weighted by molar-refractivity contribution is -0.124. The van der Waals surface area contributed by atoms with Crippen LogP contribution >= 0.6 is 23.2 Å². The fourth-order valence-electron chi connectivity index (χ4n) is 4.32. The van der Waals surface area contributed by atoms with Gasteiger partial charge in [-0.15, -0.1) is 0 Å². The first kappa shape index (κ1) is 30.1. The fourth-order valence-corrected chi connectivity index (χ4v) is 4.65. The summed E-state index contributed by atoms with van der Waals surface area (Å²) >= 11 is 12.3. The van der Waals surface area contributed by atoms with Gasteiger partial charge in [-0.3, -0.25) is 14.4 Å². The van der Waals surface area contributed by atoms with E-state index in [-0.39, 0.29) is 30.2 Å². The molecule has 214 valence electrons. The van der Waals surface area contributed by atoms with Crippen molar-refractivity contribution >= 4 is 63.2 Å². The zero-order valence-corrected chi connectivity index (χ0v) is 24.6. The van der Waals surface area contributed by atoms with Gasteiger partial charge in [-0.25, -0.2) is 0 Å². The normalized spacial score (nSPS) is 11.1. The Labute approximate surface area is 249 Å². The number of aromatic nitrogens is 1. The maximum atomic E-state index is 13.3. The number of amides is 3. The number of hydrogen-bond acceptors (Lipinski definition) is 4. The van der Waals surface area contributed by atoms with Crippen molar-refractivity contribution in [1.82, 2.24) is 9.88 Å². The molecule has 0 saturated heterocycles. The van der Waals surface area contributed by atoms with Crippen molar-refractivity contribution in [3.8, 4) is 0 Å². The number of carbonyl (C=O) groups excluding carboxylic acids is 3. The Kier molecular flexibility index (Phi) is 10.0. The number of hydrogen-bond donors (Lipinski definition) is 3. The van der Waals surface area contributed by atoms with Crippen molar-refractivity contribution in [2.45, 2.75) is 33.4 Å². The number of fused-ring (bicyclic) bond motifs is 1. The maximum Gasteiger partial charge on any atom is 0.272 e. The molecule has 0 unspecified atom stereocenters. The van der Waals surface area contributed by atoms with Crippen LogP contribution in [0.5, 0.6) is 0 Å². The average molecular weight is 596 g/mol. The van der Waals surface area contributed by atoms with Gasteiger partial charge in [-0.2, -0.15) is 0 Å². The largest absolute Gasteiger partial charge is 0.385 e. The van der Waals surface area contributed by atoms with Crippen LogP contribution in [0, 0.1) is 5.92 Å². The fraction of sp³-hybridized carbons (Fsp3) is 0.258. The summed E-state index contributed by atoms with van der Waals surface area (Å²) < 4.78 is 7.16. The number of rotatable bonds is 11. The Morgan fingerprint density at radius 3 is 2.29 bits per heavy atom. The van der Waals surface area contributed by atoms with Gasteiger partial charge in [0.05, 0.1) is 10.6 Å². The van der Waals surface area contributed by atoms with E-state index in [9.17, 15) is 14.4 Å². The first-order chi connectivity index (χ1) is 19.7. The molecule has 0 atom stereocenters. The number of halogens is 2. The second-order valence-corrected chi connectivity index (χ2v) is 10.7. The van der Waals surface area contributed by atoms with Crippen molar-refractivity contribution in [2.75, 3.05) is 24.4 Å². The first-order valence-corrected chi connectivity index (χ1v) is 14.0. The highest BCUT2D eigenvalue weighted by Crippen LogP contribution is 2.27. The van der Waals surface area contributed by atoms with Crippen molar-refractivity contribution in [3.63, 3.8) is 0 Å². The molecular weight excluding hydrogens is 563 g/mol. The van der Waals surface area contributed by atoms with Crippen LogP contribution in [0.4, 0.5) is 11.4 Å². The summed E-state index contributed by atoms with van der Waals surface area (Å²) in [5.74, 6) is -0.861. The molecule has 3 aromatic carbocycles. The number of ether oxygens (including phenoxy) is 1. The molecule has 8 nitrogen and oxygen atoms in total. The van der Waals surface area contributed by atoms with Crippen LogP contribution in [0.1, 0.15) is 46.7 Å². The number of methoxy groups -OCH3 is 1. The van der Waals surface area contributed by atoms with E-state index >= 15 is 0 Å². The minimum absolute atomic E-state index is 0.0744. The number of anilines is 2. The zero-order valence-electron chi connectivity index (χ0n) is 23.1. The van der Waals surface area contributed by atoms with Crippen molar-refractivity contribution in [3.05, 3.63) is 93.6 Å². The highest BCUT2D eigenvalue weighted by atomic mass is 35.5. The van der Waals surface area contributed by atoms with E-state index < -0.39 is 0 Å². The number of aryl methyl sites for hydroxylation is 1. The predicted octanol–water partition coefficient (Wildman–Crippen LogP) is 6.76. The van der Waals surface area contributed by atoms with E-state index in [1.807, 2.05) is 30.5 Å². The topological polar surface area (TPSA) is 101 Å². The number of carbonyl (C=O) groups is 3. The standard InChI is InChI=1S/C31H32Cl2N4O4/c1-19(2)29(38)34-18-20-5-11-26(33)25(15-20)30(39)36-24-10-12-27-21(16-24)17-28(37(27)13-4-14-41-3)31(40)35-23-8-6-22(32)7-9-23/h5-12,15-17,19H,4,13-14,18H2,1-3H3,(H,34,38)(H,35,40)(H,36,39). The molecule has 1 heterocycles. The van der Waals surface area contributed by atoms with Gasteiger partial charge in [0.2, 0.25) is 5.91 Å². The lowest BCUT2D eigenvalue weighted by Gasteiger charge is -2.12. The van der Waals surface area contributed by atoms with Gasteiger partial charge in [0, 0.05) is 60.0 Å². The number of nitrogens with zero attached hydrogens (tertiary/aromatic N) is 1. The highest BCUT2D eigenvalue weighted by molar-refractivity contribution is 6.34. The summed E-state index contributed by atoms with van der Waals surface area (Å²) in [5, 5.41) is 10.3. The van der Waals surface area contributed by atoms with Crippen LogP contribution in [0.25, 0.3) is 10.9 Å². The molecule has 0 aliphatic rings. The second-order valence-electron chi connectivity index (χ2n) is 9.90. The third-order valence-corrected chi connectivity index (χ3v) is 7.07. The molecule has 10 heteroatoms. The van der Waals surface area contributed by atoms with Gasteiger partial charge in [0.15, 0.2) is 0 Å². The minimum atomic E-state index is -0.383. The Morgan fingerprint density at radius 1 is 0.878 bits per heavy atom. The summed E-state index contributed by atoms with van der Waals surface area (Å²) in [7, 11) is 1.64. The summed E-state index contributed by atoms with van der Waals surface area (Å²) in [6.45, 7) is 5.04. The third kappa shape index (κ3) is 7.67. The Balaban J connectivity index is 1.57. The van der Waals surface area contributed by atoms with E-state index in [1.165, 1.54) is 0 Å². The van der Waals surface area contributed by atoms with Crippen molar-refractivity contribution < 1.29 is 19.1 Å². The monoisotopic (exact) mass is 594 g/mol. The molecule has 4 aromatic rings. The van der Waals surface area contributed by atoms with E-state index in [0.29, 0.717) is 52.2 Å². The summed E-state index contributed by atoms with van der Waals surface area (Å²) in [6, 6.07) is 19.3. The summed E-state index contributed by atoms with van der Waals surface area (Å²) in [6.07, 6.45) is 0.715. The Bertz CT molecular complexity index is 1560. The van der Waals surface area contributed by atoms with E-state index in [2.05, 4.69) is 16.0 Å². The highest BCUT2D eigenvalue weighted by Gasteiger charge is 2.18. The molecule has 0 spiro atoms. The van der Waals surface area contributed by atoms with E-state index in [1.54, 1.807) is 61.7 Å². The molecule has 1 aromatic heterocycles. The van der Waals surface area contributed by atoms with E-state index in [0.717, 1.165) is 16.5 Å². The molecule has 0 aliphatic heterocycles. The van der Waals surface area contributed by atoms with Gasteiger partial charge < -0.3 is 25.3 Å². The quantitative estimate of drug-likeness (QED) is 0.167. The SMILES string of the molecule is COCCCn1c(C(=O)Nc2ccc(Cl)cc2)cc2cc(NC(=O)c3cc(CNC(=O)C(C)C)ccc3Cl)ccc21. The molecular formula is C31H32Cl2N4O4. The second kappa shape index (κ2) is 13.7. The molecule has 0 bridgehead atoms. The summed E-state index contributed by atoms with van der Waals surface area (Å²) in [5.41, 5.74) is 3.56. The predicted molar refractivity (Wildman–Crippen MR) is 164 cm³/mol. The van der Waals surface area contributed by atoms with Gasteiger partial charge >= 0.3 is 0 Å². The first-order valence-electron chi connectivity index (χ1n) is 13.2. The molecule has 0 radical (unpaired) electrons. The molecule has 0 fully saturated rings.